The van der Waals surface area contributed by atoms with Gasteiger partial charge in [-0.1, -0.05) is 25.6 Å². The van der Waals surface area contributed by atoms with E-state index in [1.165, 1.54) is 0 Å². The van der Waals surface area contributed by atoms with Crippen LogP contribution >= 0.6 is 0 Å². The molecule has 0 saturated carbocycles. The zero-order valence-electron chi connectivity index (χ0n) is 10.7. The van der Waals surface area contributed by atoms with Crippen LogP contribution in [-0.4, -0.2) is 25.6 Å². The van der Waals surface area contributed by atoms with Crippen molar-refractivity contribution in [3.05, 3.63) is 29.6 Å². The van der Waals surface area contributed by atoms with Crippen LogP contribution in [0, 0.1) is 11.5 Å². The summed E-state index contributed by atoms with van der Waals surface area (Å²) >= 11 is 0. The number of hydrogen-bond acceptors (Lipinski definition) is 3. The van der Waals surface area contributed by atoms with E-state index in [0.29, 0.717) is 17.9 Å². The Morgan fingerprint density at radius 2 is 2.18 bits per heavy atom. The Morgan fingerprint density at radius 3 is 2.76 bits per heavy atom. The quantitative estimate of drug-likeness (QED) is 0.458. The van der Waals surface area contributed by atoms with Gasteiger partial charge >= 0.3 is 5.97 Å². The van der Waals surface area contributed by atoms with E-state index in [2.05, 4.69) is 36.1 Å². The van der Waals surface area contributed by atoms with Gasteiger partial charge < -0.3 is 4.74 Å². The lowest BCUT2D eigenvalue weighted by atomic mass is 10.2. The van der Waals surface area contributed by atoms with Crippen LogP contribution in [-0.2, 0) is 4.74 Å². The molecule has 0 unspecified atom stereocenters. The van der Waals surface area contributed by atoms with E-state index in [-0.39, 0.29) is 5.97 Å². The highest BCUT2D eigenvalue weighted by Gasteiger charge is 2.13. The lowest BCUT2D eigenvalue weighted by Crippen LogP contribution is -2.16. The predicted octanol–water partition coefficient (Wildman–Crippen LogP) is 2.49. The van der Waals surface area contributed by atoms with Gasteiger partial charge in [-0.2, -0.15) is 0 Å². The number of carbonyl (C=O) groups is 1. The summed E-state index contributed by atoms with van der Waals surface area (Å²) in [6, 6.07) is 3.41. The predicted molar refractivity (Wildman–Crippen MR) is 70.4 cm³/mol. The van der Waals surface area contributed by atoms with Crippen LogP contribution in [0.4, 0.5) is 0 Å². The van der Waals surface area contributed by atoms with Crippen molar-refractivity contribution in [1.82, 2.24) is 4.98 Å². The molecule has 0 saturated heterocycles. The lowest BCUT2D eigenvalue weighted by Gasteiger charge is -2.05. The van der Waals surface area contributed by atoms with E-state index < -0.39 is 8.07 Å². The number of rotatable bonds is 2. The van der Waals surface area contributed by atoms with E-state index in [1.807, 2.05) is 0 Å². The average molecular weight is 247 g/mol. The number of aromatic nitrogens is 1. The molecular formula is C13H17NO2Si. The number of hydrogen-bond donors (Lipinski definition) is 0. The first-order chi connectivity index (χ1) is 7.94. The largest absolute Gasteiger partial charge is 0.462 e. The maximum atomic E-state index is 11.7. The summed E-state index contributed by atoms with van der Waals surface area (Å²) in [6.07, 6.45) is 1.64. The molecule has 1 rings (SSSR count). The van der Waals surface area contributed by atoms with Crippen LogP contribution in [0.1, 0.15) is 23.0 Å². The van der Waals surface area contributed by atoms with Gasteiger partial charge in [0.05, 0.1) is 12.2 Å². The van der Waals surface area contributed by atoms with Gasteiger partial charge in [0.2, 0.25) is 0 Å². The second-order valence-electron chi connectivity index (χ2n) is 4.62. The first-order valence-corrected chi connectivity index (χ1v) is 9.09. The molecular weight excluding hydrogens is 230 g/mol. The van der Waals surface area contributed by atoms with Gasteiger partial charge in [0.15, 0.2) is 0 Å². The van der Waals surface area contributed by atoms with E-state index in [1.54, 1.807) is 25.3 Å². The van der Waals surface area contributed by atoms with Crippen molar-refractivity contribution in [2.45, 2.75) is 26.6 Å². The lowest BCUT2D eigenvalue weighted by molar-refractivity contribution is 0.0525. The fourth-order valence-corrected chi connectivity index (χ4v) is 1.62. The standard InChI is InChI=1S/C13H17NO2Si/c1-5-16-13(15)11-7-6-9-14-12(11)8-10-17(2,3)4/h6-7,9H,5H2,1-4H3. The van der Waals surface area contributed by atoms with Gasteiger partial charge in [-0.05, 0) is 19.1 Å². The van der Waals surface area contributed by atoms with Gasteiger partial charge in [-0.3, -0.25) is 0 Å². The maximum absolute atomic E-state index is 11.7. The molecule has 0 aliphatic carbocycles. The van der Waals surface area contributed by atoms with Gasteiger partial charge in [-0.15, -0.1) is 5.54 Å². The van der Waals surface area contributed by atoms with Gasteiger partial charge in [0, 0.05) is 6.20 Å². The molecule has 0 aromatic carbocycles. The van der Waals surface area contributed by atoms with Gasteiger partial charge in [-0.25, -0.2) is 9.78 Å². The van der Waals surface area contributed by atoms with Crippen molar-refractivity contribution in [2.75, 3.05) is 6.61 Å². The molecule has 0 radical (unpaired) electrons. The zero-order valence-corrected chi connectivity index (χ0v) is 11.7. The maximum Gasteiger partial charge on any atom is 0.341 e. The summed E-state index contributed by atoms with van der Waals surface area (Å²) in [5, 5.41) is 0. The van der Waals surface area contributed by atoms with Gasteiger partial charge in [0.1, 0.15) is 13.8 Å². The molecule has 0 atom stereocenters. The molecule has 4 heteroatoms. The van der Waals surface area contributed by atoms with Crippen LogP contribution in [0.2, 0.25) is 19.6 Å². The van der Waals surface area contributed by atoms with Crippen molar-refractivity contribution in [2.24, 2.45) is 0 Å². The summed E-state index contributed by atoms with van der Waals surface area (Å²) in [5.41, 5.74) is 4.15. The number of esters is 1. The molecule has 1 aromatic rings. The fourth-order valence-electron chi connectivity index (χ4n) is 1.13. The summed E-state index contributed by atoms with van der Waals surface area (Å²) in [7, 11) is -1.47. The van der Waals surface area contributed by atoms with Crippen molar-refractivity contribution >= 4 is 14.0 Å². The summed E-state index contributed by atoms with van der Waals surface area (Å²) in [6.45, 7) is 8.57. The molecule has 0 N–H and O–H groups in total. The van der Waals surface area contributed by atoms with Crippen LogP contribution in [0.15, 0.2) is 18.3 Å². The minimum Gasteiger partial charge on any atom is -0.462 e. The molecule has 17 heavy (non-hydrogen) atoms. The SMILES string of the molecule is CCOC(=O)c1cccnc1C#C[Si](C)(C)C. The normalized spacial score (nSPS) is 10.4. The minimum absolute atomic E-state index is 0.356. The third-order valence-corrected chi connectivity index (χ3v) is 2.73. The van der Waals surface area contributed by atoms with E-state index in [0.717, 1.165) is 0 Å². The average Bonchev–Trinajstić information content (AvgIpc) is 2.26. The molecule has 0 bridgehead atoms. The molecule has 0 fully saturated rings. The molecule has 90 valence electrons. The number of pyridine rings is 1. The van der Waals surface area contributed by atoms with Crippen LogP contribution in [0.3, 0.4) is 0 Å². The van der Waals surface area contributed by atoms with Crippen molar-refractivity contribution in [3.63, 3.8) is 0 Å². The monoisotopic (exact) mass is 247 g/mol. The van der Waals surface area contributed by atoms with E-state index in [4.69, 9.17) is 4.74 Å². The Balaban J connectivity index is 3.07. The first kappa shape index (κ1) is 13.5. The van der Waals surface area contributed by atoms with Crippen molar-refractivity contribution in [3.8, 4) is 11.5 Å². The molecule has 3 nitrogen and oxygen atoms in total. The Hall–Kier alpha value is -1.60. The molecule has 0 aliphatic rings. The number of carbonyl (C=O) groups excluding carboxylic acids is 1. The third kappa shape index (κ3) is 4.41. The highest BCUT2D eigenvalue weighted by Crippen LogP contribution is 2.07. The third-order valence-electron chi connectivity index (χ3n) is 1.86. The zero-order chi connectivity index (χ0) is 12.9. The number of ether oxygens (including phenoxy) is 1. The van der Waals surface area contributed by atoms with Gasteiger partial charge in [0.25, 0.3) is 0 Å². The van der Waals surface area contributed by atoms with E-state index in [9.17, 15) is 4.79 Å². The Kier molecular flexibility index (Phi) is 4.47. The summed E-state index contributed by atoms with van der Waals surface area (Å²) in [5.74, 6) is 2.63. The second-order valence-corrected chi connectivity index (χ2v) is 9.37. The smallest absolute Gasteiger partial charge is 0.341 e. The highest BCUT2D eigenvalue weighted by atomic mass is 28.3. The minimum atomic E-state index is -1.47. The molecule has 1 heterocycles. The Labute approximate surface area is 103 Å². The number of nitrogens with zero attached hydrogens (tertiary/aromatic N) is 1. The summed E-state index contributed by atoms with van der Waals surface area (Å²) in [4.78, 5) is 15.8. The van der Waals surface area contributed by atoms with Crippen LogP contribution in [0.5, 0.6) is 0 Å². The molecule has 0 aliphatic heterocycles. The second kappa shape index (κ2) is 5.64. The van der Waals surface area contributed by atoms with Crippen LogP contribution in [0.25, 0.3) is 0 Å². The van der Waals surface area contributed by atoms with Crippen molar-refractivity contribution < 1.29 is 9.53 Å². The molecule has 1 aromatic heterocycles. The molecule has 0 amide bonds. The van der Waals surface area contributed by atoms with Crippen molar-refractivity contribution in [1.29, 1.82) is 0 Å². The first-order valence-electron chi connectivity index (χ1n) is 5.59. The topological polar surface area (TPSA) is 39.2 Å². The van der Waals surface area contributed by atoms with E-state index >= 15 is 0 Å². The van der Waals surface area contributed by atoms with Crippen LogP contribution < -0.4 is 0 Å². The fraction of sp³-hybridized carbons (Fsp3) is 0.385. The Morgan fingerprint density at radius 1 is 1.47 bits per heavy atom. The summed E-state index contributed by atoms with van der Waals surface area (Å²) < 4.78 is 4.97. The highest BCUT2D eigenvalue weighted by molar-refractivity contribution is 6.83. The Bertz CT molecular complexity index is 466. The molecule has 0 spiro atoms.